The minimum atomic E-state index is -0.439. The molecule has 7 nitrogen and oxygen atoms in total. The zero-order valence-electron chi connectivity index (χ0n) is 11.4. The lowest BCUT2D eigenvalue weighted by molar-refractivity contribution is -0.118. The molecular weight excluding hydrogens is 274 g/mol. The Hall–Kier alpha value is -2.12. The number of fused-ring (bicyclic) bond motifs is 1. The van der Waals surface area contributed by atoms with E-state index in [1.54, 1.807) is 18.2 Å². The lowest BCUT2D eigenvalue weighted by Gasteiger charge is -2.21. The number of aliphatic hydroxyl groups excluding tert-OH is 1. The van der Waals surface area contributed by atoms with Gasteiger partial charge in [-0.3, -0.25) is 9.59 Å². The summed E-state index contributed by atoms with van der Waals surface area (Å²) in [6, 6.07) is 5.03. The van der Waals surface area contributed by atoms with Crippen molar-refractivity contribution >= 4 is 17.5 Å². The topological polar surface area (TPSA) is 99.7 Å². The molecule has 1 aromatic rings. The van der Waals surface area contributed by atoms with Crippen molar-refractivity contribution in [3.05, 3.63) is 23.8 Å². The monoisotopic (exact) mass is 291 g/mol. The van der Waals surface area contributed by atoms with Crippen LogP contribution in [-0.2, 0) is 4.79 Å². The normalized spacial score (nSPS) is 24.0. The Bertz CT molecular complexity index is 575. The van der Waals surface area contributed by atoms with Crippen LogP contribution in [0.3, 0.4) is 0 Å². The number of hydrogen-bond donors (Lipinski definition) is 4. The average Bonchev–Trinajstić information content (AvgIpc) is 2.89. The van der Waals surface area contributed by atoms with Gasteiger partial charge in [-0.15, -0.1) is 0 Å². The molecule has 2 amide bonds. The maximum absolute atomic E-state index is 12.3. The largest absolute Gasteiger partial charge is 0.481 e. The van der Waals surface area contributed by atoms with Crippen molar-refractivity contribution in [3.63, 3.8) is 0 Å². The maximum Gasteiger partial charge on any atom is 0.262 e. The summed E-state index contributed by atoms with van der Waals surface area (Å²) >= 11 is 0. The lowest BCUT2D eigenvalue weighted by atomic mass is 10.1. The summed E-state index contributed by atoms with van der Waals surface area (Å²) in [5, 5.41) is 18.2. The maximum atomic E-state index is 12.3. The van der Waals surface area contributed by atoms with Gasteiger partial charge in [-0.25, -0.2) is 0 Å². The molecule has 0 spiro atoms. The van der Waals surface area contributed by atoms with Gasteiger partial charge in [-0.1, -0.05) is 6.07 Å². The molecule has 112 valence electrons. The second-order valence-corrected chi connectivity index (χ2v) is 5.21. The highest BCUT2D eigenvalue weighted by Crippen LogP contribution is 2.31. The van der Waals surface area contributed by atoms with E-state index >= 15 is 0 Å². The number of nitrogens with one attached hydrogen (secondary N) is 3. The van der Waals surface area contributed by atoms with E-state index < -0.39 is 6.10 Å². The minimum absolute atomic E-state index is 0.00843. The zero-order valence-corrected chi connectivity index (χ0v) is 11.4. The van der Waals surface area contributed by atoms with Gasteiger partial charge >= 0.3 is 0 Å². The molecule has 2 atom stereocenters. The van der Waals surface area contributed by atoms with Crippen LogP contribution >= 0.6 is 0 Å². The van der Waals surface area contributed by atoms with E-state index in [1.165, 1.54) is 0 Å². The quantitative estimate of drug-likeness (QED) is 0.592. The van der Waals surface area contributed by atoms with E-state index in [4.69, 9.17) is 4.74 Å². The van der Waals surface area contributed by atoms with Crippen LogP contribution in [0.1, 0.15) is 10.4 Å². The summed E-state index contributed by atoms with van der Waals surface area (Å²) in [6.45, 7) is 1.53. The molecule has 1 aromatic carbocycles. The van der Waals surface area contributed by atoms with Gasteiger partial charge in [0.25, 0.3) is 11.8 Å². The van der Waals surface area contributed by atoms with Gasteiger partial charge < -0.3 is 25.8 Å². The van der Waals surface area contributed by atoms with Crippen LogP contribution in [-0.4, -0.2) is 49.3 Å². The Morgan fingerprint density at radius 1 is 1.43 bits per heavy atom. The predicted octanol–water partition coefficient (Wildman–Crippen LogP) is -0.672. The van der Waals surface area contributed by atoms with Gasteiger partial charge in [-0.2, -0.15) is 0 Å². The van der Waals surface area contributed by atoms with Crippen LogP contribution < -0.4 is 20.7 Å². The first-order valence-electron chi connectivity index (χ1n) is 6.88. The first kappa shape index (κ1) is 13.8. The van der Waals surface area contributed by atoms with Crippen molar-refractivity contribution in [3.8, 4) is 5.75 Å². The van der Waals surface area contributed by atoms with Gasteiger partial charge in [0.05, 0.1) is 17.4 Å². The molecule has 0 bridgehead atoms. The molecule has 1 saturated heterocycles. The number of amides is 2. The molecule has 21 heavy (non-hydrogen) atoms. The highest BCUT2D eigenvalue weighted by Gasteiger charge is 2.27. The molecule has 0 radical (unpaired) electrons. The highest BCUT2D eigenvalue weighted by molar-refractivity contribution is 6.03. The number of anilines is 1. The first-order valence-corrected chi connectivity index (χ1v) is 6.88. The van der Waals surface area contributed by atoms with Crippen LogP contribution in [0.2, 0.25) is 0 Å². The molecule has 7 heteroatoms. The smallest absolute Gasteiger partial charge is 0.262 e. The summed E-state index contributed by atoms with van der Waals surface area (Å²) in [6.07, 6.45) is -0.439. The fourth-order valence-electron chi connectivity index (χ4n) is 2.54. The van der Waals surface area contributed by atoms with Gasteiger partial charge in [0.1, 0.15) is 0 Å². The highest BCUT2D eigenvalue weighted by atomic mass is 16.5. The fraction of sp³-hybridized carbons (Fsp3) is 0.429. The number of aliphatic hydroxyl groups is 1. The van der Waals surface area contributed by atoms with E-state index in [1.807, 2.05) is 0 Å². The first-order chi connectivity index (χ1) is 10.1. The summed E-state index contributed by atoms with van der Waals surface area (Å²) in [7, 11) is 0. The fourth-order valence-corrected chi connectivity index (χ4v) is 2.54. The second-order valence-electron chi connectivity index (χ2n) is 5.21. The molecule has 1 fully saturated rings. The van der Waals surface area contributed by atoms with Crippen LogP contribution in [0.25, 0.3) is 0 Å². The van der Waals surface area contributed by atoms with Crippen LogP contribution in [0, 0.1) is 5.92 Å². The van der Waals surface area contributed by atoms with Gasteiger partial charge in [0, 0.05) is 25.6 Å². The van der Waals surface area contributed by atoms with Gasteiger partial charge in [0.2, 0.25) is 0 Å². The number of rotatable bonds is 3. The SMILES string of the molecule is O=C1COc2c(cccc2C(=O)NCC2CNCC2O)N1. The molecule has 2 heterocycles. The van der Waals surface area contributed by atoms with Crippen molar-refractivity contribution in [2.45, 2.75) is 6.10 Å². The molecular formula is C14H17N3O4. The van der Waals surface area contributed by atoms with E-state index in [9.17, 15) is 14.7 Å². The molecule has 3 rings (SSSR count). The Morgan fingerprint density at radius 3 is 3.05 bits per heavy atom. The van der Waals surface area contributed by atoms with Crippen molar-refractivity contribution < 1.29 is 19.4 Å². The number of hydrogen-bond acceptors (Lipinski definition) is 5. The van der Waals surface area contributed by atoms with E-state index in [-0.39, 0.29) is 24.3 Å². The van der Waals surface area contributed by atoms with Gasteiger partial charge in [-0.05, 0) is 12.1 Å². The Kier molecular flexibility index (Phi) is 3.76. The third-order valence-electron chi connectivity index (χ3n) is 3.71. The second kappa shape index (κ2) is 5.71. The summed E-state index contributed by atoms with van der Waals surface area (Å²) in [5.74, 6) is -0.115. The molecule has 0 aromatic heterocycles. The van der Waals surface area contributed by atoms with Crippen molar-refractivity contribution in [1.82, 2.24) is 10.6 Å². The number of benzene rings is 1. The average molecular weight is 291 g/mol. The van der Waals surface area contributed by atoms with Crippen molar-refractivity contribution in [1.29, 1.82) is 0 Å². The number of carbonyl (C=O) groups is 2. The minimum Gasteiger partial charge on any atom is -0.481 e. The van der Waals surface area contributed by atoms with Crippen LogP contribution in [0.4, 0.5) is 5.69 Å². The molecule has 2 aliphatic rings. The Morgan fingerprint density at radius 2 is 2.29 bits per heavy atom. The third kappa shape index (κ3) is 2.84. The van der Waals surface area contributed by atoms with Crippen LogP contribution in [0.15, 0.2) is 18.2 Å². The Balaban J connectivity index is 1.70. The number of para-hydroxylation sites is 1. The Labute approximate surface area is 121 Å². The number of carbonyl (C=O) groups excluding carboxylic acids is 2. The van der Waals surface area contributed by atoms with Crippen molar-refractivity contribution in [2.24, 2.45) is 5.92 Å². The number of β-amino-alcohol motifs (C(OH)–C–C–N with tert-alkyl or cyclic N) is 1. The molecule has 0 saturated carbocycles. The molecule has 2 aliphatic heterocycles. The van der Waals surface area contributed by atoms with Crippen molar-refractivity contribution in [2.75, 3.05) is 31.6 Å². The lowest BCUT2D eigenvalue weighted by Crippen LogP contribution is -2.35. The van der Waals surface area contributed by atoms with Crippen LogP contribution in [0.5, 0.6) is 5.75 Å². The third-order valence-corrected chi connectivity index (χ3v) is 3.71. The summed E-state index contributed by atoms with van der Waals surface area (Å²) < 4.78 is 5.35. The number of ether oxygens (including phenoxy) is 1. The predicted molar refractivity (Wildman–Crippen MR) is 75.3 cm³/mol. The van der Waals surface area contributed by atoms with E-state index in [0.717, 1.165) is 0 Å². The zero-order chi connectivity index (χ0) is 14.8. The molecule has 2 unspecified atom stereocenters. The summed E-state index contributed by atoms with van der Waals surface area (Å²) in [4.78, 5) is 23.5. The van der Waals surface area contributed by atoms with E-state index in [2.05, 4.69) is 16.0 Å². The van der Waals surface area contributed by atoms with E-state index in [0.29, 0.717) is 36.6 Å². The summed E-state index contributed by atoms with van der Waals surface area (Å²) in [5.41, 5.74) is 0.884. The van der Waals surface area contributed by atoms with Gasteiger partial charge in [0.15, 0.2) is 12.4 Å². The standard InChI is InChI=1S/C14H17N3O4/c18-11-6-15-4-8(11)5-16-14(20)9-2-1-3-10-13(9)21-7-12(19)17-10/h1-3,8,11,15,18H,4-7H2,(H,16,20)(H,17,19). The molecule has 4 N–H and O–H groups in total. The molecule has 0 aliphatic carbocycles.